The third-order valence-corrected chi connectivity index (χ3v) is 8.96. The van der Waals surface area contributed by atoms with E-state index < -0.39 is 34.7 Å². The van der Waals surface area contributed by atoms with Crippen molar-refractivity contribution >= 4 is 17.7 Å². The van der Waals surface area contributed by atoms with Gasteiger partial charge in [-0.25, -0.2) is 4.79 Å². The van der Waals surface area contributed by atoms with Crippen molar-refractivity contribution in [3.05, 3.63) is 11.6 Å². The Labute approximate surface area is 169 Å². The second-order valence-electron chi connectivity index (χ2n) is 9.95. The van der Waals surface area contributed by atoms with Crippen LogP contribution in [0.5, 0.6) is 0 Å². The number of ketones is 1. The maximum absolute atomic E-state index is 12.8. The van der Waals surface area contributed by atoms with Crippen LogP contribution in [-0.4, -0.2) is 46.9 Å². The Morgan fingerprint density at radius 3 is 2.52 bits per heavy atom. The van der Waals surface area contributed by atoms with E-state index in [-0.39, 0.29) is 35.7 Å². The number of carbonyl (C=O) groups is 3. The quantitative estimate of drug-likeness (QED) is 0.554. The van der Waals surface area contributed by atoms with E-state index >= 15 is 0 Å². The number of carbonyl (C=O) groups excluding carboxylic acids is 3. The summed E-state index contributed by atoms with van der Waals surface area (Å²) in [7, 11) is 0. The second kappa shape index (κ2) is 5.70. The van der Waals surface area contributed by atoms with Crippen LogP contribution in [0.2, 0.25) is 0 Å². The summed E-state index contributed by atoms with van der Waals surface area (Å²) >= 11 is 0. The Morgan fingerprint density at radius 2 is 1.86 bits per heavy atom. The lowest BCUT2D eigenvalue weighted by Gasteiger charge is -2.58. The fourth-order valence-electron chi connectivity index (χ4n) is 7.56. The molecule has 5 rings (SSSR count). The summed E-state index contributed by atoms with van der Waals surface area (Å²) < 4.78 is 17.0. The molecule has 0 aromatic rings. The maximum atomic E-state index is 12.8. The first kappa shape index (κ1) is 19.2. The van der Waals surface area contributed by atoms with Gasteiger partial charge in [0.15, 0.2) is 11.4 Å². The lowest BCUT2D eigenvalue weighted by atomic mass is 9.47. The van der Waals surface area contributed by atoms with E-state index in [9.17, 15) is 19.5 Å². The minimum Gasteiger partial charge on any atom is -0.451 e. The number of esters is 2. The third-order valence-electron chi connectivity index (χ3n) is 8.96. The molecule has 7 nitrogen and oxygen atoms in total. The monoisotopic (exact) mass is 404 g/mol. The predicted octanol–water partition coefficient (Wildman–Crippen LogP) is 1.91. The van der Waals surface area contributed by atoms with Crippen LogP contribution >= 0.6 is 0 Å². The van der Waals surface area contributed by atoms with E-state index in [0.717, 1.165) is 18.4 Å². The van der Waals surface area contributed by atoms with E-state index in [0.29, 0.717) is 12.8 Å². The lowest BCUT2D eigenvalue weighted by molar-refractivity contribution is -0.213. The van der Waals surface area contributed by atoms with Crippen LogP contribution in [-0.2, 0) is 28.6 Å². The molecule has 0 amide bonds. The number of hydrogen-bond donors (Lipinski definition) is 1. The van der Waals surface area contributed by atoms with Gasteiger partial charge in [0.25, 0.3) is 0 Å². The van der Waals surface area contributed by atoms with Crippen LogP contribution < -0.4 is 0 Å². The highest BCUT2D eigenvalue weighted by Crippen LogP contribution is 2.71. The fraction of sp³-hybridized carbons (Fsp3) is 0.773. The fourth-order valence-corrected chi connectivity index (χ4v) is 7.56. The molecule has 3 aliphatic carbocycles. The molecule has 7 heteroatoms. The number of Topliss-reactive ketones (excluding diaryl/α,β-unsaturated/α-hetero) is 1. The molecule has 4 fully saturated rings. The number of aliphatic hydroxyl groups excluding tert-OH is 1. The number of ether oxygens (including phenoxy) is 3. The lowest BCUT2D eigenvalue weighted by Crippen LogP contribution is -2.62. The van der Waals surface area contributed by atoms with Crippen LogP contribution in [0.1, 0.15) is 53.4 Å². The summed E-state index contributed by atoms with van der Waals surface area (Å²) in [6.07, 6.45) is 2.80. The molecular weight excluding hydrogens is 376 g/mol. The summed E-state index contributed by atoms with van der Waals surface area (Å²) in [6, 6.07) is 0. The van der Waals surface area contributed by atoms with Gasteiger partial charge in [0, 0.05) is 18.4 Å². The predicted molar refractivity (Wildman–Crippen MR) is 99.2 cm³/mol. The molecule has 158 valence electrons. The number of epoxide rings is 1. The van der Waals surface area contributed by atoms with Crippen molar-refractivity contribution in [1.29, 1.82) is 0 Å². The van der Waals surface area contributed by atoms with E-state index in [1.54, 1.807) is 0 Å². The first-order valence-electron chi connectivity index (χ1n) is 10.5. The van der Waals surface area contributed by atoms with Crippen LogP contribution in [0, 0.1) is 28.6 Å². The smallest absolute Gasteiger partial charge is 0.333 e. The summed E-state index contributed by atoms with van der Waals surface area (Å²) in [6.45, 7) is 6.92. The van der Waals surface area contributed by atoms with Gasteiger partial charge in [-0.3, -0.25) is 9.59 Å². The van der Waals surface area contributed by atoms with Crippen LogP contribution in [0.3, 0.4) is 0 Å². The van der Waals surface area contributed by atoms with E-state index in [4.69, 9.17) is 14.2 Å². The summed E-state index contributed by atoms with van der Waals surface area (Å²) in [5, 5.41) is 10.8. The molecular formula is C22H28O7. The summed E-state index contributed by atoms with van der Waals surface area (Å²) in [5.41, 5.74) is -1.43. The first-order chi connectivity index (χ1) is 13.6. The van der Waals surface area contributed by atoms with Gasteiger partial charge in [0.05, 0.1) is 11.5 Å². The number of hydrogen-bond acceptors (Lipinski definition) is 7. The van der Waals surface area contributed by atoms with Crippen LogP contribution in [0.25, 0.3) is 0 Å². The molecule has 0 radical (unpaired) electrons. The van der Waals surface area contributed by atoms with Gasteiger partial charge in [-0.1, -0.05) is 6.92 Å². The minimum absolute atomic E-state index is 0.0258. The van der Waals surface area contributed by atoms with E-state index in [1.807, 2.05) is 6.92 Å². The Hall–Kier alpha value is -1.73. The average Bonchev–Trinajstić information content (AvgIpc) is 3.35. The van der Waals surface area contributed by atoms with E-state index in [2.05, 4.69) is 6.92 Å². The molecule has 0 spiro atoms. The topological polar surface area (TPSA) is 102 Å². The van der Waals surface area contributed by atoms with Gasteiger partial charge in [-0.2, -0.15) is 0 Å². The molecule has 0 aromatic carbocycles. The zero-order chi connectivity index (χ0) is 20.9. The molecule has 1 saturated heterocycles. The molecule has 0 aromatic heterocycles. The Morgan fingerprint density at radius 1 is 1.17 bits per heavy atom. The Bertz CT molecular complexity index is 848. The van der Waals surface area contributed by atoms with Gasteiger partial charge in [0.2, 0.25) is 6.29 Å². The number of rotatable bonds is 2. The SMILES string of the molecule is CC(=O)O[C@]1(C(C)=O)CC[C@H]2[C@@H]3[C@@H]4O[C@@H]4C4=CC(=O)OC(O)[C@]4(C)[C@H]3CC[C@@]21C. The Balaban J connectivity index is 1.57. The third kappa shape index (κ3) is 2.18. The first-order valence-corrected chi connectivity index (χ1v) is 10.5. The van der Waals surface area contributed by atoms with Gasteiger partial charge < -0.3 is 19.3 Å². The standard InChI is InChI=1S/C22H28O7/c1-10(23)22(29-11(2)24)8-6-12-16-13(5-7-20(12,22)3)21(4)14(17-18(16)28-17)9-15(25)27-19(21)26/h9,12-13,16-19,26H,5-8H2,1-4H3/t12-,13-,16-,17+,18-,19?,20-,21+,22-/m0/s1. The highest BCUT2D eigenvalue weighted by molar-refractivity contribution is 5.89. The molecule has 1 N–H and O–H groups in total. The number of aliphatic hydroxyl groups is 1. The van der Waals surface area contributed by atoms with Gasteiger partial charge in [-0.15, -0.1) is 0 Å². The number of cyclic esters (lactones) is 1. The highest BCUT2D eigenvalue weighted by Gasteiger charge is 2.74. The molecule has 1 unspecified atom stereocenters. The molecule has 3 saturated carbocycles. The normalized spacial score (nSPS) is 52.2. The largest absolute Gasteiger partial charge is 0.451 e. The van der Waals surface area contributed by atoms with Gasteiger partial charge in [0.1, 0.15) is 6.10 Å². The van der Waals surface area contributed by atoms with Gasteiger partial charge >= 0.3 is 11.9 Å². The molecule has 29 heavy (non-hydrogen) atoms. The average molecular weight is 404 g/mol. The maximum Gasteiger partial charge on any atom is 0.333 e. The Kier molecular flexibility index (Phi) is 3.78. The highest BCUT2D eigenvalue weighted by atomic mass is 16.6. The van der Waals surface area contributed by atoms with Crippen LogP contribution in [0.4, 0.5) is 0 Å². The van der Waals surface area contributed by atoms with Crippen molar-refractivity contribution in [2.45, 2.75) is 77.5 Å². The molecule has 9 atom stereocenters. The summed E-state index contributed by atoms with van der Waals surface area (Å²) in [4.78, 5) is 36.6. The molecule has 2 aliphatic heterocycles. The van der Waals surface area contributed by atoms with Crippen molar-refractivity contribution < 1.29 is 33.7 Å². The van der Waals surface area contributed by atoms with E-state index in [1.165, 1.54) is 19.9 Å². The summed E-state index contributed by atoms with van der Waals surface area (Å²) in [5.74, 6) is -0.742. The van der Waals surface area contributed by atoms with Crippen molar-refractivity contribution in [2.24, 2.45) is 28.6 Å². The second-order valence-corrected chi connectivity index (χ2v) is 9.95. The van der Waals surface area contributed by atoms with Crippen molar-refractivity contribution in [2.75, 3.05) is 0 Å². The number of fused-ring (bicyclic) bond motifs is 8. The molecule has 2 heterocycles. The van der Waals surface area contributed by atoms with Crippen molar-refractivity contribution in [3.63, 3.8) is 0 Å². The van der Waals surface area contributed by atoms with Gasteiger partial charge in [-0.05, 0) is 62.9 Å². The zero-order valence-corrected chi connectivity index (χ0v) is 17.3. The van der Waals surface area contributed by atoms with Crippen LogP contribution in [0.15, 0.2) is 11.6 Å². The minimum atomic E-state index is -1.20. The molecule has 0 bridgehead atoms. The van der Waals surface area contributed by atoms with Crippen molar-refractivity contribution in [1.82, 2.24) is 0 Å². The zero-order valence-electron chi connectivity index (χ0n) is 17.3. The molecule has 5 aliphatic rings. The van der Waals surface area contributed by atoms with Crippen molar-refractivity contribution in [3.8, 4) is 0 Å².